The molecule has 2 fully saturated rings. The standard InChI is InChI=1S/C26H43F3N4O7S/c1-24(2,3)16-9-11-33(23(37)20(25(4,5)6)32-41(38,39)26(27,28)29)18(13-16)22(36)31-17(19(34)14-40-7)12-15-8-10-30-21(15)35/h15-18,20,32H,8-14H2,1-7H3,(H,30,35)(H,31,36)/t15-,16+,17-,18-,20+/m0/s1. The normalized spacial score (nSPS) is 24.0. The number of hydrogen-bond donors (Lipinski definition) is 3. The first kappa shape index (κ1) is 34.9. The summed E-state index contributed by atoms with van der Waals surface area (Å²) in [4.78, 5) is 53.7. The first-order valence-electron chi connectivity index (χ1n) is 13.6. The van der Waals surface area contributed by atoms with Crippen molar-refractivity contribution >= 4 is 33.5 Å². The SMILES string of the molecule is COCC(=O)[C@H](C[C@@H]1CCNC1=O)NC(=O)[C@@H]1C[C@H](C(C)(C)C)CCN1C(=O)[C@@H](NS(=O)(=O)C(F)(F)F)C(C)(C)C. The van der Waals surface area contributed by atoms with Crippen LogP contribution >= 0.6 is 0 Å². The molecule has 41 heavy (non-hydrogen) atoms. The molecule has 2 heterocycles. The summed E-state index contributed by atoms with van der Waals surface area (Å²) in [5.74, 6) is -3.02. The topological polar surface area (TPSA) is 151 Å². The number of carbonyl (C=O) groups is 4. The van der Waals surface area contributed by atoms with Gasteiger partial charge in [0.15, 0.2) is 5.78 Å². The molecular weight excluding hydrogens is 569 g/mol. The minimum absolute atomic E-state index is 0.0130. The predicted molar refractivity (Wildman–Crippen MR) is 144 cm³/mol. The molecule has 2 aliphatic heterocycles. The van der Waals surface area contributed by atoms with Crippen molar-refractivity contribution in [3.8, 4) is 0 Å². The number of nitrogens with one attached hydrogen (secondary N) is 3. The van der Waals surface area contributed by atoms with Crippen molar-refractivity contribution in [3.63, 3.8) is 0 Å². The molecule has 0 unspecified atom stereocenters. The number of likely N-dealkylation sites (tertiary alicyclic amines) is 1. The molecule has 11 nitrogen and oxygen atoms in total. The van der Waals surface area contributed by atoms with Gasteiger partial charge in [0.2, 0.25) is 17.7 Å². The van der Waals surface area contributed by atoms with Crippen molar-refractivity contribution in [2.24, 2.45) is 22.7 Å². The number of ether oxygens (including phenoxy) is 1. The third-order valence-electron chi connectivity index (χ3n) is 7.78. The van der Waals surface area contributed by atoms with E-state index in [4.69, 9.17) is 4.74 Å². The maximum atomic E-state index is 13.8. The van der Waals surface area contributed by atoms with Gasteiger partial charge < -0.3 is 20.3 Å². The molecule has 3 amide bonds. The van der Waals surface area contributed by atoms with Gasteiger partial charge in [0.1, 0.15) is 18.7 Å². The van der Waals surface area contributed by atoms with Gasteiger partial charge in [-0.15, -0.1) is 0 Å². The van der Waals surface area contributed by atoms with Crippen LogP contribution < -0.4 is 15.4 Å². The number of Topliss-reactive ketones (excluding diaryl/α,β-unsaturated/α-hetero) is 1. The van der Waals surface area contributed by atoms with E-state index in [1.807, 2.05) is 20.8 Å². The average molecular weight is 613 g/mol. The van der Waals surface area contributed by atoms with Gasteiger partial charge in [-0.2, -0.15) is 17.9 Å². The summed E-state index contributed by atoms with van der Waals surface area (Å²) >= 11 is 0. The number of rotatable bonds is 10. The maximum absolute atomic E-state index is 13.8. The maximum Gasteiger partial charge on any atom is 0.511 e. The number of halogens is 3. The number of hydrogen-bond acceptors (Lipinski definition) is 7. The summed E-state index contributed by atoms with van der Waals surface area (Å²) in [6.45, 7) is 10.2. The van der Waals surface area contributed by atoms with E-state index in [9.17, 15) is 40.8 Å². The molecule has 0 aromatic carbocycles. The molecule has 0 radical (unpaired) electrons. The minimum atomic E-state index is -5.89. The number of piperidine rings is 1. The predicted octanol–water partition coefficient (Wildman–Crippen LogP) is 1.72. The van der Waals surface area contributed by atoms with Crippen LogP contribution in [0.25, 0.3) is 0 Å². The number of ketones is 1. The van der Waals surface area contributed by atoms with Gasteiger partial charge in [-0.05, 0) is 42.4 Å². The molecule has 0 bridgehead atoms. The molecular formula is C26H43F3N4O7S. The van der Waals surface area contributed by atoms with E-state index in [0.29, 0.717) is 19.4 Å². The van der Waals surface area contributed by atoms with Crippen LogP contribution in [0, 0.1) is 22.7 Å². The zero-order valence-electron chi connectivity index (χ0n) is 24.7. The van der Waals surface area contributed by atoms with Gasteiger partial charge in [-0.3, -0.25) is 19.2 Å². The molecule has 15 heteroatoms. The zero-order chi connectivity index (χ0) is 31.6. The van der Waals surface area contributed by atoms with E-state index in [-0.39, 0.29) is 43.2 Å². The van der Waals surface area contributed by atoms with E-state index in [1.54, 1.807) is 0 Å². The molecule has 0 aliphatic carbocycles. The Morgan fingerprint density at radius 3 is 2.17 bits per heavy atom. The van der Waals surface area contributed by atoms with Crippen LogP contribution in [0.2, 0.25) is 0 Å². The van der Waals surface area contributed by atoms with Crippen LogP contribution in [-0.2, 0) is 33.9 Å². The molecule has 3 N–H and O–H groups in total. The number of amides is 3. The smallest absolute Gasteiger partial charge is 0.377 e. The van der Waals surface area contributed by atoms with Gasteiger partial charge in [0, 0.05) is 26.1 Å². The Kier molecular flexibility index (Phi) is 11.0. The third-order valence-corrected chi connectivity index (χ3v) is 8.93. The Morgan fingerprint density at radius 1 is 1.10 bits per heavy atom. The monoisotopic (exact) mass is 612 g/mol. The fourth-order valence-electron chi connectivity index (χ4n) is 5.19. The molecule has 0 spiro atoms. The zero-order valence-corrected chi connectivity index (χ0v) is 25.5. The Labute approximate surface area is 239 Å². The Balaban J connectivity index is 2.44. The van der Waals surface area contributed by atoms with Crippen molar-refractivity contribution in [2.75, 3.05) is 26.8 Å². The first-order chi connectivity index (χ1) is 18.6. The molecule has 2 aliphatic rings. The van der Waals surface area contributed by atoms with Crippen LogP contribution in [0.5, 0.6) is 0 Å². The van der Waals surface area contributed by atoms with Crippen LogP contribution in [0.3, 0.4) is 0 Å². The lowest BCUT2D eigenvalue weighted by molar-refractivity contribution is -0.148. The van der Waals surface area contributed by atoms with Crippen LogP contribution in [0.4, 0.5) is 13.2 Å². The van der Waals surface area contributed by atoms with Gasteiger partial charge in [0.05, 0.1) is 6.04 Å². The van der Waals surface area contributed by atoms with Crippen LogP contribution in [-0.4, -0.2) is 87.3 Å². The van der Waals surface area contributed by atoms with E-state index >= 15 is 0 Å². The summed E-state index contributed by atoms with van der Waals surface area (Å²) < 4.78 is 70.2. The largest absolute Gasteiger partial charge is 0.511 e. The van der Waals surface area contributed by atoms with Crippen molar-refractivity contribution in [1.82, 2.24) is 20.3 Å². The minimum Gasteiger partial charge on any atom is -0.377 e. The number of nitrogens with zero attached hydrogens (tertiary/aromatic N) is 1. The summed E-state index contributed by atoms with van der Waals surface area (Å²) in [6, 6.07) is -4.13. The van der Waals surface area contributed by atoms with Crippen molar-refractivity contribution in [1.29, 1.82) is 0 Å². The Morgan fingerprint density at radius 2 is 1.71 bits per heavy atom. The first-order valence-corrected chi connectivity index (χ1v) is 15.1. The molecule has 236 valence electrons. The number of alkyl halides is 3. The summed E-state index contributed by atoms with van der Waals surface area (Å²) in [5.41, 5.74) is -7.22. The number of methoxy groups -OCH3 is 1. The van der Waals surface area contributed by atoms with Gasteiger partial charge in [-0.1, -0.05) is 41.5 Å². The quantitative estimate of drug-likeness (QED) is 0.340. The molecule has 0 saturated carbocycles. The van der Waals surface area contributed by atoms with E-state index in [2.05, 4.69) is 10.6 Å². The summed E-state index contributed by atoms with van der Waals surface area (Å²) in [6.07, 6.45) is 1.05. The lowest BCUT2D eigenvalue weighted by Gasteiger charge is -2.45. The van der Waals surface area contributed by atoms with E-state index in [0.717, 1.165) is 4.90 Å². The number of sulfonamides is 1. The summed E-state index contributed by atoms with van der Waals surface area (Å²) in [5, 5.41) is 5.34. The molecule has 2 saturated heterocycles. The highest BCUT2D eigenvalue weighted by atomic mass is 32.2. The fraction of sp³-hybridized carbons (Fsp3) is 0.846. The molecule has 5 atom stereocenters. The van der Waals surface area contributed by atoms with Crippen LogP contribution in [0.15, 0.2) is 0 Å². The van der Waals surface area contributed by atoms with E-state index in [1.165, 1.54) is 32.6 Å². The summed E-state index contributed by atoms with van der Waals surface area (Å²) in [7, 11) is -4.58. The lowest BCUT2D eigenvalue weighted by Crippen LogP contribution is -2.63. The van der Waals surface area contributed by atoms with Gasteiger partial charge in [-0.25, -0.2) is 8.42 Å². The second-order valence-electron chi connectivity index (χ2n) is 13.0. The van der Waals surface area contributed by atoms with Crippen molar-refractivity contribution in [2.45, 2.75) is 90.9 Å². The number of carbonyl (C=O) groups excluding carboxylic acids is 4. The van der Waals surface area contributed by atoms with E-state index < -0.39 is 62.6 Å². The second kappa shape index (κ2) is 12.9. The molecule has 0 aromatic rings. The van der Waals surface area contributed by atoms with Gasteiger partial charge >= 0.3 is 15.5 Å². The molecule has 2 rings (SSSR count). The molecule has 0 aromatic heterocycles. The highest BCUT2D eigenvalue weighted by Gasteiger charge is 2.51. The van der Waals surface area contributed by atoms with Crippen molar-refractivity contribution in [3.05, 3.63) is 0 Å². The van der Waals surface area contributed by atoms with Crippen molar-refractivity contribution < 1.29 is 45.5 Å². The lowest BCUT2D eigenvalue weighted by atomic mass is 9.72. The van der Waals surface area contributed by atoms with Crippen LogP contribution in [0.1, 0.15) is 67.2 Å². The average Bonchev–Trinajstić information content (AvgIpc) is 3.23. The highest BCUT2D eigenvalue weighted by Crippen LogP contribution is 2.38. The highest BCUT2D eigenvalue weighted by molar-refractivity contribution is 7.90. The Bertz CT molecular complexity index is 1100. The van der Waals surface area contributed by atoms with Gasteiger partial charge in [0.25, 0.3) is 0 Å². The third kappa shape index (κ3) is 8.87. The Hall–Kier alpha value is -2.26. The fourth-order valence-corrected chi connectivity index (χ4v) is 6.08. The second-order valence-corrected chi connectivity index (χ2v) is 14.7.